The normalized spacial score (nSPS) is 11.4. The van der Waals surface area contributed by atoms with Crippen LogP contribution in [0, 0.1) is 0 Å². The first-order chi connectivity index (χ1) is 17.2. The Kier molecular flexibility index (Phi) is 7.69. The molecule has 2 amide bonds. The second-order valence-electron chi connectivity index (χ2n) is 9.52. The fraction of sp³-hybridized carbons (Fsp3) is 0.333. The van der Waals surface area contributed by atoms with Crippen LogP contribution in [0.2, 0.25) is 0 Å². The van der Waals surface area contributed by atoms with E-state index in [-0.39, 0.29) is 5.91 Å². The van der Waals surface area contributed by atoms with E-state index in [0.717, 1.165) is 27.4 Å². The van der Waals surface area contributed by atoms with E-state index in [9.17, 15) is 9.59 Å². The summed E-state index contributed by atoms with van der Waals surface area (Å²) in [6, 6.07) is 17.6. The van der Waals surface area contributed by atoms with E-state index in [0.29, 0.717) is 31.7 Å². The van der Waals surface area contributed by atoms with Crippen LogP contribution in [0.4, 0.5) is 4.79 Å². The molecule has 1 N–H and O–H groups in total. The number of ether oxygens (including phenoxy) is 1. The molecule has 0 aliphatic heterocycles. The lowest BCUT2D eigenvalue weighted by Crippen LogP contribution is -2.38. The van der Waals surface area contributed by atoms with Crippen molar-refractivity contribution in [2.75, 3.05) is 6.54 Å². The topological polar surface area (TPSA) is 89.4 Å². The molecule has 0 unspecified atom stereocenters. The number of imidazole rings is 1. The Balaban J connectivity index is 1.43. The van der Waals surface area contributed by atoms with Crippen molar-refractivity contribution >= 4 is 34.4 Å². The number of fused-ring (bicyclic) bond motifs is 1. The van der Waals surface area contributed by atoms with Crippen LogP contribution in [0.3, 0.4) is 0 Å². The number of rotatable bonds is 8. The highest BCUT2D eigenvalue weighted by Gasteiger charge is 2.24. The Bertz CT molecular complexity index is 1340. The number of aryl methyl sites for hydroxylation is 1. The molecule has 0 bridgehead atoms. The summed E-state index contributed by atoms with van der Waals surface area (Å²) in [5.41, 5.74) is 2.67. The van der Waals surface area contributed by atoms with Crippen LogP contribution in [-0.2, 0) is 31.3 Å². The van der Waals surface area contributed by atoms with E-state index in [2.05, 4.69) is 10.3 Å². The average molecular weight is 506 g/mol. The standard InChI is InChI=1S/C27H31N5O3S/c1-27(2,3)35-26(34)32(17-23-29-20-12-8-9-13-22(20)31(23)4)15-14-24-30-21(18-36-24)25(33)28-16-19-10-6-5-7-11-19/h5-13,18H,14-17H2,1-4H3,(H,28,33). The van der Waals surface area contributed by atoms with Crippen molar-refractivity contribution in [2.24, 2.45) is 7.05 Å². The fourth-order valence-electron chi connectivity index (χ4n) is 3.70. The molecule has 36 heavy (non-hydrogen) atoms. The minimum atomic E-state index is -0.618. The monoisotopic (exact) mass is 505 g/mol. The number of carbonyl (C=O) groups excluding carboxylic acids is 2. The molecule has 188 valence electrons. The van der Waals surface area contributed by atoms with Gasteiger partial charge in [0, 0.05) is 31.9 Å². The van der Waals surface area contributed by atoms with Crippen molar-refractivity contribution in [1.82, 2.24) is 24.8 Å². The first-order valence-corrected chi connectivity index (χ1v) is 12.7. The number of nitrogens with zero attached hydrogens (tertiary/aromatic N) is 4. The summed E-state index contributed by atoms with van der Waals surface area (Å²) in [7, 11) is 1.94. The van der Waals surface area contributed by atoms with Crippen LogP contribution in [0.15, 0.2) is 60.0 Å². The van der Waals surface area contributed by atoms with Crippen LogP contribution in [0.5, 0.6) is 0 Å². The molecule has 4 rings (SSSR count). The van der Waals surface area contributed by atoms with Crippen LogP contribution in [0.1, 0.15) is 47.7 Å². The third kappa shape index (κ3) is 6.48. The molecule has 2 aromatic heterocycles. The van der Waals surface area contributed by atoms with Crippen LogP contribution < -0.4 is 5.32 Å². The second-order valence-corrected chi connectivity index (χ2v) is 10.5. The number of hydrogen-bond acceptors (Lipinski definition) is 6. The Hall–Kier alpha value is -3.72. The lowest BCUT2D eigenvalue weighted by atomic mass is 10.2. The van der Waals surface area contributed by atoms with Gasteiger partial charge in [0.1, 0.15) is 17.1 Å². The second kappa shape index (κ2) is 10.9. The van der Waals surface area contributed by atoms with E-state index in [4.69, 9.17) is 9.72 Å². The molecular weight excluding hydrogens is 474 g/mol. The number of benzene rings is 2. The lowest BCUT2D eigenvalue weighted by molar-refractivity contribution is 0.0229. The average Bonchev–Trinajstić information content (AvgIpc) is 3.44. The number of nitrogens with one attached hydrogen (secondary N) is 1. The smallest absolute Gasteiger partial charge is 0.410 e. The van der Waals surface area contributed by atoms with Gasteiger partial charge in [-0.25, -0.2) is 14.8 Å². The molecule has 0 radical (unpaired) electrons. The van der Waals surface area contributed by atoms with Crippen molar-refractivity contribution in [2.45, 2.75) is 45.9 Å². The molecule has 9 heteroatoms. The zero-order valence-corrected chi connectivity index (χ0v) is 21.8. The molecule has 4 aromatic rings. The Morgan fingerprint density at radius 1 is 1.06 bits per heavy atom. The van der Waals surface area contributed by atoms with E-state index in [1.807, 2.05) is 87.0 Å². The maximum atomic E-state index is 13.0. The molecule has 0 aliphatic rings. The number of amides is 2. The molecule has 0 aliphatic carbocycles. The zero-order valence-electron chi connectivity index (χ0n) is 21.0. The minimum absolute atomic E-state index is 0.218. The molecule has 0 fully saturated rings. The summed E-state index contributed by atoms with van der Waals surface area (Å²) < 4.78 is 7.65. The highest BCUT2D eigenvalue weighted by Crippen LogP contribution is 2.19. The van der Waals surface area contributed by atoms with Crippen LogP contribution >= 0.6 is 11.3 Å². The summed E-state index contributed by atoms with van der Waals surface area (Å²) >= 11 is 1.41. The van der Waals surface area contributed by atoms with Gasteiger partial charge in [-0.05, 0) is 38.5 Å². The third-order valence-electron chi connectivity index (χ3n) is 5.54. The zero-order chi connectivity index (χ0) is 25.7. The van der Waals surface area contributed by atoms with Gasteiger partial charge < -0.3 is 19.5 Å². The van der Waals surface area contributed by atoms with E-state index in [1.54, 1.807) is 10.3 Å². The third-order valence-corrected chi connectivity index (χ3v) is 6.45. The summed E-state index contributed by atoms with van der Waals surface area (Å²) in [6.07, 6.45) is 0.0896. The van der Waals surface area contributed by atoms with Gasteiger partial charge in [-0.15, -0.1) is 11.3 Å². The number of hydrogen-bond donors (Lipinski definition) is 1. The number of thiazole rings is 1. The molecule has 0 saturated carbocycles. The molecule has 8 nitrogen and oxygen atoms in total. The largest absolute Gasteiger partial charge is 0.444 e. The van der Waals surface area contributed by atoms with Gasteiger partial charge >= 0.3 is 6.09 Å². The van der Waals surface area contributed by atoms with Crippen molar-refractivity contribution < 1.29 is 14.3 Å². The maximum Gasteiger partial charge on any atom is 0.410 e. The summed E-state index contributed by atoms with van der Waals surface area (Å²) in [6.45, 7) is 6.67. The predicted octanol–water partition coefficient (Wildman–Crippen LogP) is 4.94. The number of carbonyl (C=O) groups is 2. The van der Waals surface area contributed by atoms with E-state index < -0.39 is 11.7 Å². The van der Waals surface area contributed by atoms with Crippen molar-refractivity contribution in [3.8, 4) is 0 Å². The molecular formula is C27H31N5O3S. The molecule has 0 spiro atoms. The Morgan fingerprint density at radius 2 is 1.78 bits per heavy atom. The maximum absolute atomic E-state index is 13.0. The molecule has 2 heterocycles. The predicted molar refractivity (Wildman–Crippen MR) is 141 cm³/mol. The minimum Gasteiger partial charge on any atom is -0.444 e. The first-order valence-electron chi connectivity index (χ1n) is 11.8. The fourth-order valence-corrected chi connectivity index (χ4v) is 4.47. The van der Waals surface area contributed by atoms with Crippen LogP contribution in [0.25, 0.3) is 11.0 Å². The number of aromatic nitrogens is 3. The van der Waals surface area contributed by atoms with Gasteiger partial charge in [0.15, 0.2) is 0 Å². The Morgan fingerprint density at radius 3 is 2.50 bits per heavy atom. The summed E-state index contributed by atoms with van der Waals surface area (Å²) in [5.74, 6) is 0.548. The summed E-state index contributed by atoms with van der Waals surface area (Å²) in [4.78, 5) is 36.4. The van der Waals surface area contributed by atoms with E-state index >= 15 is 0 Å². The van der Waals surface area contributed by atoms with Crippen molar-refractivity contribution in [1.29, 1.82) is 0 Å². The van der Waals surface area contributed by atoms with Gasteiger partial charge in [0.25, 0.3) is 5.91 Å². The SMILES string of the molecule is Cn1c(CN(CCc2nc(C(=O)NCc3ccccc3)cs2)C(=O)OC(C)(C)C)nc2ccccc21. The lowest BCUT2D eigenvalue weighted by Gasteiger charge is -2.27. The number of para-hydroxylation sites is 2. The molecule has 0 saturated heterocycles. The molecule has 0 atom stereocenters. The van der Waals surface area contributed by atoms with Gasteiger partial charge in [-0.2, -0.15) is 0 Å². The van der Waals surface area contributed by atoms with Gasteiger partial charge in [0.2, 0.25) is 0 Å². The highest BCUT2D eigenvalue weighted by molar-refractivity contribution is 7.09. The van der Waals surface area contributed by atoms with Crippen molar-refractivity contribution in [3.05, 3.63) is 82.1 Å². The van der Waals surface area contributed by atoms with E-state index in [1.165, 1.54) is 11.3 Å². The van der Waals surface area contributed by atoms with Gasteiger partial charge in [-0.1, -0.05) is 42.5 Å². The molecule has 2 aromatic carbocycles. The highest BCUT2D eigenvalue weighted by atomic mass is 32.1. The summed E-state index contributed by atoms with van der Waals surface area (Å²) in [5, 5.41) is 5.42. The Labute approximate surface area is 214 Å². The van der Waals surface area contributed by atoms with Crippen molar-refractivity contribution in [3.63, 3.8) is 0 Å². The first kappa shape index (κ1) is 25.4. The van der Waals surface area contributed by atoms with Gasteiger partial charge in [-0.3, -0.25) is 4.79 Å². The van der Waals surface area contributed by atoms with Gasteiger partial charge in [0.05, 0.1) is 22.6 Å². The van der Waals surface area contributed by atoms with Crippen LogP contribution in [-0.4, -0.2) is 43.6 Å². The quantitative estimate of drug-likeness (QED) is 0.366.